The van der Waals surface area contributed by atoms with Crippen molar-refractivity contribution >= 4 is 0 Å². The van der Waals surface area contributed by atoms with Crippen molar-refractivity contribution in [1.29, 1.82) is 0 Å². The molecule has 0 aromatic carbocycles. The highest BCUT2D eigenvalue weighted by Crippen LogP contribution is 2.35. The van der Waals surface area contributed by atoms with Gasteiger partial charge in [0.25, 0.3) is 0 Å². The molecule has 0 saturated heterocycles. The van der Waals surface area contributed by atoms with E-state index in [0.717, 1.165) is 6.20 Å². The highest BCUT2D eigenvalue weighted by atomic mass is 19.1. The summed E-state index contributed by atoms with van der Waals surface area (Å²) in [5.74, 6) is -0.0459. The van der Waals surface area contributed by atoms with Gasteiger partial charge in [-0.2, -0.15) is 5.10 Å². The Labute approximate surface area is 110 Å². The van der Waals surface area contributed by atoms with Gasteiger partial charge in [0.15, 0.2) is 5.75 Å². The van der Waals surface area contributed by atoms with Gasteiger partial charge >= 0.3 is 0 Å². The minimum atomic E-state index is -1.44. The Bertz CT molecular complexity index is 560. The second kappa shape index (κ2) is 4.97. The highest BCUT2D eigenvalue weighted by molar-refractivity contribution is 5.38. The summed E-state index contributed by atoms with van der Waals surface area (Å²) in [4.78, 5) is 3.77. The summed E-state index contributed by atoms with van der Waals surface area (Å²) in [6.45, 7) is 4.03. The Morgan fingerprint density at radius 1 is 1.42 bits per heavy atom. The van der Waals surface area contributed by atoms with Crippen LogP contribution >= 0.6 is 0 Å². The molecule has 1 unspecified atom stereocenters. The second-order valence-electron chi connectivity index (χ2n) is 4.34. The summed E-state index contributed by atoms with van der Waals surface area (Å²) in [6, 6.07) is 1.25. The lowest BCUT2D eigenvalue weighted by Crippen LogP contribution is -2.27. The lowest BCUT2D eigenvalue weighted by molar-refractivity contribution is 0.0878. The molecule has 0 aliphatic carbocycles. The van der Waals surface area contributed by atoms with Gasteiger partial charge in [-0.05, 0) is 19.9 Å². The van der Waals surface area contributed by atoms with Gasteiger partial charge in [0, 0.05) is 18.3 Å². The van der Waals surface area contributed by atoms with Crippen molar-refractivity contribution in [1.82, 2.24) is 14.8 Å². The first-order valence-corrected chi connectivity index (χ1v) is 5.94. The number of ether oxygens (including phenoxy) is 1. The van der Waals surface area contributed by atoms with Gasteiger partial charge in [0.2, 0.25) is 0 Å². The Kier molecular flexibility index (Phi) is 3.53. The van der Waals surface area contributed by atoms with Crippen LogP contribution in [-0.4, -0.2) is 27.0 Å². The van der Waals surface area contributed by atoms with Gasteiger partial charge < -0.3 is 9.84 Å². The number of rotatable bonds is 4. The summed E-state index contributed by atoms with van der Waals surface area (Å²) < 4.78 is 20.1. The lowest BCUT2D eigenvalue weighted by atomic mass is 9.93. The Morgan fingerprint density at radius 2 is 2.16 bits per heavy atom. The van der Waals surface area contributed by atoms with Gasteiger partial charge in [-0.25, -0.2) is 4.39 Å². The molecule has 0 aliphatic rings. The molecular formula is C13H16FN3O2. The third-order valence-electron chi connectivity index (χ3n) is 3.05. The maximum Gasteiger partial charge on any atom is 0.163 e. The van der Waals surface area contributed by atoms with Gasteiger partial charge in [-0.1, -0.05) is 0 Å². The summed E-state index contributed by atoms with van der Waals surface area (Å²) in [7, 11) is 1.50. The van der Waals surface area contributed by atoms with Crippen molar-refractivity contribution in [2.24, 2.45) is 0 Å². The van der Waals surface area contributed by atoms with E-state index in [0.29, 0.717) is 23.6 Å². The van der Waals surface area contributed by atoms with Crippen LogP contribution in [0.1, 0.15) is 25.1 Å². The first-order chi connectivity index (χ1) is 9.00. The quantitative estimate of drug-likeness (QED) is 0.914. The number of hydrogen-bond acceptors (Lipinski definition) is 4. The van der Waals surface area contributed by atoms with Gasteiger partial charge in [0.05, 0.1) is 19.5 Å². The topological polar surface area (TPSA) is 60.2 Å². The predicted molar refractivity (Wildman–Crippen MR) is 67.3 cm³/mol. The number of nitrogens with zero attached hydrogens (tertiary/aromatic N) is 3. The van der Waals surface area contributed by atoms with Crippen LogP contribution in [0.4, 0.5) is 4.39 Å². The fourth-order valence-corrected chi connectivity index (χ4v) is 2.06. The SMILES string of the molecule is CCn1ncc(OC)c1C(C)(O)c1cncc(F)c1. The number of aliphatic hydroxyl groups is 1. The Hall–Kier alpha value is -1.95. The Morgan fingerprint density at radius 3 is 2.74 bits per heavy atom. The van der Waals surface area contributed by atoms with Gasteiger partial charge in [0.1, 0.15) is 17.1 Å². The molecule has 0 radical (unpaired) electrons. The molecule has 0 bridgehead atoms. The molecular weight excluding hydrogens is 249 g/mol. The molecule has 19 heavy (non-hydrogen) atoms. The zero-order valence-corrected chi connectivity index (χ0v) is 11.1. The van der Waals surface area contributed by atoms with E-state index in [2.05, 4.69) is 10.1 Å². The van der Waals surface area contributed by atoms with Gasteiger partial charge in [-0.3, -0.25) is 9.67 Å². The van der Waals surface area contributed by atoms with Gasteiger partial charge in [-0.15, -0.1) is 0 Å². The zero-order chi connectivity index (χ0) is 14.0. The average Bonchev–Trinajstić information content (AvgIpc) is 2.82. The number of aromatic nitrogens is 3. The molecule has 6 heteroatoms. The van der Waals surface area contributed by atoms with E-state index < -0.39 is 11.4 Å². The van der Waals surface area contributed by atoms with Crippen LogP contribution in [0.5, 0.6) is 5.75 Å². The molecule has 0 spiro atoms. The summed E-state index contributed by atoms with van der Waals surface area (Å²) in [6.07, 6.45) is 4.05. The van der Waals surface area contributed by atoms with Crippen LogP contribution in [0.3, 0.4) is 0 Å². The number of halogens is 1. The molecule has 0 saturated carbocycles. The van der Waals surface area contributed by atoms with E-state index in [9.17, 15) is 9.50 Å². The van der Waals surface area contributed by atoms with Crippen LogP contribution in [0.2, 0.25) is 0 Å². The first kappa shape index (κ1) is 13.5. The maximum atomic E-state index is 13.3. The molecule has 2 aromatic rings. The van der Waals surface area contributed by atoms with Crippen molar-refractivity contribution in [3.8, 4) is 5.75 Å². The monoisotopic (exact) mass is 265 g/mol. The third kappa shape index (κ3) is 2.31. The first-order valence-electron chi connectivity index (χ1n) is 5.94. The fraction of sp³-hybridized carbons (Fsp3) is 0.385. The molecule has 5 nitrogen and oxygen atoms in total. The molecule has 0 fully saturated rings. The number of methoxy groups -OCH3 is 1. The van der Waals surface area contributed by atoms with E-state index in [1.165, 1.54) is 25.6 Å². The van der Waals surface area contributed by atoms with Crippen LogP contribution in [-0.2, 0) is 12.1 Å². The standard InChI is InChI=1S/C13H16FN3O2/c1-4-17-12(11(19-3)8-16-17)13(2,18)9-5-10(14)7-15-6-9/h5-8,18H,4H2,1-3H3. The summed E-state index contributed by atoms with van der Waals surface area (Å²) in [5, 5.41) is 14.9. The van der Waals surface area contributed by atoms with Crippen LogP contribution in [0.25, 0.3) is 0 Å². The molecule has 2 heterocycles. The maximum absolute atomic E-state index is 13.3. The van der Waals surface area contributed by atoms with E-state index >= 15 is 0 Å². The van der Waals surface area contributed by atoms with E-state index in [-0.39, 0.29) is 0 Å². The third-order valence-corrected chi connectivity index (χ3v) is 3.05. The van der Waals surface area contributed by atoms with E-state index in [1.54, 1.807) is 11.6 Å². The smallest absolute Gasteiger partial charge is 0.163 e. The van der Waals surface area contributed by atoms with E-state index in [4.69, 9.17) is 4.74 Å². The molecule has 0 amide bonds. The average molecular weight is 265 g/mol. The minimum Gasteiger partial charge on any atom is -0.493 e. The predicted octanol–water partition coefficient (Wildman–Crippen LogP) is 1.70. The van der Waals surface area contributed by atoms with Crippen molar-refractivity contribution in [3.05, 3.63) is 41.7 Å². The van der Waals surface area contributed by atoms with Crippen molar-refractivity contribution < 1.29 is 14.2 Å². The summed E-state index contributed by atoms with van der Waals surface area (Å²) >= 11 is 0. The van der Waals surface area contributed by atoms with Crippen LogP contribution in [0.15, 0.2) is 24.7 Å². The number of pyridine rings is 1. The van der Waals surface area contributed by atoms with Crippen molar-refractivity contribution in [3.63, 3.8) is 0 Å². The molecule has 102 valence electrons. The summed E-state index contributed by atoms with van der Waals surface area (Å²) in [5.41, 5.74) is -0.613. The normalized spacial score (nSPS) is 14.2. The highest BCUT2D eigenvalue weighted by Gasteiger charge is 2.33. The van der Waals surface area contributed by atoms with Crippen molar-refractivity contribution in [2.45, 2.75) is 26.0 Å². The van der Waals surface area contributed by atoms with Crippen LogP contribution < -0.4 is 4.74 Å². The van der Waals surface area contributed by atoms with E-state index in [1.807, 2.05) is 6.92 Å². The molecule has 2 rings (SSSR count). The zero-order valence-electron chi connectivity index (χ0n) is 11.1. The van der Waals surface area contributed by atoms with Crippen molar-refractivity contribution in [2.75, 3.05) is 7.11 Å². The molecule has 1 N–H and O–H groups in total. The lowest BCUT2D eigenvalue weighted by Gasteiger charge is -2.25. The fourth-order valence-electron chi connectivity index (χ4n) is 2.06. The minimum absolute atomic E-state index is 0.348. The largest absolute Gasteiger partial charge is 0.493 e. The Balaban J connectivity index is 2.58. The second-order valence-corrected chi connectivity index (χ2v) is 4.34. The molecule has 1 atom stereocenters. The molecule has 2 aromatic heterocycles. The number of hydrogen-bond donors (Lipinski definition) is 1. The molecule has 0 aliphatic heterocycles. The van der Waals surface area contributed by atoms with Crippen LogP contribution in [0, 0.1) is 5.82 Å². The number of aryl methyl sites for hydroxylation is 1.